The Morgan fingerprint density at radius 1 is 1.04 bits per heavy atom. The van der Waals surface area contributed by atoms with E-state index >= 15 is 0 Å². The molecule has 1 atom stereocenters. The maximum Gasteiger partial charge on any atom is 0.255 e. The van der Waals surface area contributed by atoms with E-state index in [4.69, 9.17) is 9.47 Å². The molecule has 1 N–H and O–H groups in total. The maximum absolute atomic E-state index is 12.7. The highest BCUT2D eigenvalue weighted by Gasteiger charge is 2.20. The van der Waals surface area contributed by atoms with Crippen LogP contribution in [0, 0.1) is 0 Å². The van der Waals surface area contributed by atoms with Crippen molar-refractivity contribution in [2.45, 2.75) is 69.9 Å². The second kappa shape index (κ2) is 9.07. The van der Waals surface area contributed by atoms with Gasteiger partial charge in [-0.05, 0) is 37.8 Å². The Hall–Kier alpha value is -1.55. The zero-order chi connectivity index (χ0) is 16.6. The Balaban J connectivity index is 1.58. The molecule has 1 saturated carbocycles. The molecule has 24 heavy (non-hydrogen) atoms. The Labute approximate surface area is 144 Å². The van der Waals surface area contributed by atoms with Gasteiger partial charge in [0.15, 0.2) is 0 Å². The average molecular weight is 331 g/mol. The highest BCUT2D eigenvalue weighted by molar-refractivity contribution is 5.97. The van der Waals surface area contributed by atoms with E-state index in [1.807, 2.05) is 24.3 Å². The van der Waals surface area contributed by atoms with Gasteiger partial charge in [0.2, 0.25) is 0 Å². The van der Waals surface area contributed by atoms with Crippen molar-refractivity contribution in [2.24, 2.45) is 0 Å². The minimum absolute atomic E-state index is 0.0106. The smallest absolute Gasteiger partial charge is 0.255 e. The minimum Gasteiger partial charge on any atom is -0.490 e. The van der Waals surface area contributed by atoms with Crippen LogP contribution < -0.4 is 10.1 Å². The molecular weight excluding hydrogens is 302 g/mol. The lowest BCUT2D eigenvalue weighted by Crippen LogP contribution is -2.35. The lowest BCUT2D eigenvalue weighted by molar-refractivity contribution is 0.0669. The number of benzene rings is 1. The van der Waals surface area contributed by atoms with Crippen LogP contribution in [0.3, 0.4) is 0 Å². The molecule has 0 radical (unpaired) electrons. The number of rotatable bonds is 5. The van der Waals surface area contributed by atoms with Gasteiger partial charge in [0, 0.05) is 12.6 Å². The van der Waals surface area contributed by atoms with Crippen LogP contribution in [0.4, 0.5) is 0 Å². The first-order chi connectivity index (χ1) is 11.8. The third kappa shape index (κ3) is 4.97. The summed E-state index contributed by atoms with van der Waals surface area (Å²) in [4.78, 5) is 12.7. The molecule has 1 aromatic rings. The second-order valence-electron chi connectivity index (χ2n) is 6.96. The first kappa shape index (κ1) is 17.3. The summed E-state index contributed by atoms with van der Waals surface area (Å²) < 4.78 is 11.5. The molecule has 1 aromatic carbocycles. The van der Waals surface area contributed by atoms with Crippen molar-refractivity contribution < 1.29 is 14.3 Å². The number of hydrogen-bond acceptors (Lipinski definition) is 3. The molecule has 1 aliphatic carbocycles. The molecule has 1 heterocycles. The summed E-state index contributed by atoms with van der Waals surface area (Å²) in [5, 5.41) is 3.22. The topological polar surface area (TPSA) is 47.6 Å². The van der Waals surface area contributed by atoms with Gasteiger partial charge in [-0.15, -0.1) is 0 Å². The van der Waals surface area contributed by atoms with Gasteiger partial charge in [-0.1, -0.05) is 44.2 Å². The second-order valence-corrected chi connectivity index (χ2v) is 6.96. The molecule has 0 unspecified atom stereocenters. The van der Waals surface area contributed by atoms with E-state index < -0.39 is 0 Å². The minimum atomic E-state index is -0.0106. The highest BCUT2D eigenvalue weighted by Crippen LogP contribution is 2.22. The van der Waals surface area contributed by atoms with Crippen molar-refractivity contribution >= 4 is 5.91 Å². The zero-order valence-corrected chi connectivity index (χ0v) is 14.5. The highest BCUT2D eigenvalue weighted by atomic mass is 16.5. The molecule has 4 heteroatoms. The summed E-state index contributed by atoms with van der Waals surface area (Å²) in [6.07, 6.45) is 10.8. The molecule has 4 nitrogen and oxygen atoms in total. The van der Waals surface area contributed by atoms with Crippen LogP contribution in [0.25, 0.3) is 0 Å². The molecule has 0 bridgehead atoms. The van der Waals surface area contributed by atoms with Crippen LogP contribution in [-0.4, -0.2) is 31.3 Å². The number of carbonyl (C=O) groups excluding carboxylic acids is 1. The van der Waals surface area contributed by atoms with Gasteiger partial charge in [-0.2, -0.15) is 0 Å². The van der Waals surface area contributed by atoms with Gasteiger partial charge in [-0.3, -0.25) is 4.79 Å². The molecule has 2 aliphatic rings. The lowest BCUT2D eigenvalue weighted by atomic mass is 9.96. The van der Waals surface area contributed by atoms with Crippen molar-refractivity contribution in [3.63, 3.8) is 0 Å². The van der Waals surface area contributed by atoms with E-state index in [1.165, 1.54) is 32.1 Å². The fraction of sp³-hybridized carbons (Fsp3) is 0.650. The lowest BCUT2D eigenvalue weighted by Gasteiger charge is -2.22. The molecule has 1 aliphatic heterocycles. The van der Waals surface area contributed by atoms with E-state index in [1.54, 1.807) is 0 Å². The Bertz CT molecular complexity index is 517. The quantitative estimate of drug-likeness (QED) is 0.884. The largest absolute Gasteiger partial charge is 0.490 e. The van der Waals surface area contributed by atoms with Crippen LogP contribution >= 0.6 is 0 Å². The summed E-state index contributed by atoms with van der Waals surface area (Å²) in [5.74, 6) is 0.653. The summed E-state index contributed by atoms with van der Waals surface area (Å²) in [7, 11) is 0. The number of amides is 1. The van der Waals surface area contributed by atoms with Crippen LogP contribution in [0.15, 0.2) is 24.3 Å². The number of para-hydroxylation sites is 1. The molecule has 0 spiro atoms. The van der Waals surface area contributed by atoms with Crippen LogP contribution in [0.1, 0.15) is 68.1 Å². The summed E-state index contributed by atoms with van der Waals surface area (Å²) >= 11 is 0. The summed E-state index contributed by atoms with van der Waals surface area (Å²) in [6.45, 7) is 1.34. The monoisotopic (exact) mass is 331 g/mol. The van der Waals surface area contributed by atoms with E-state index in [0.717, 1.165) is 32.3 Å². The summed E-state index contributed by atoms with van der Waals surface area (Å²) in [6, 6.07) is 7.83. The predicted molar refractivity (Wildman–Crippen MR) is 94.5 cm³/mol. The zero-order valence-electron chi connectivity index (χ0n) is 14.5. The van der Waals surface area contributed by atoms with Crippen LogP contribution in [-0.2, 0) is 4.74 Å². The average Bonchev–Trinajstić information content (AvgIpc) is 3.09. The van der Waals surface area contributed by atoms with E-state index in [9.17, 15) is 4.79 Å². The number of nitrogens with one attached hydrogen (secondary N) is 1. The van der Waals surface area contributed by atoms with Gasteiger partial charge < -0.3 is 14.8 Å². The van der Waals surface area contributed by atoms with Crippen molar-refractivity contribution in [1.29, 1.82) is 0 Å². The molecule has 0 aromatic heterocycles. The molecule has 3 rings (SSSR count). The van der Waals surface area contributed by atoms with Crippen molar-refractivity contribution in [3.8, 4) is 5.75 Å². The predicted octanol–water partition coefficient (Wildman–Crippen LogP) is 4.09. The Kier molecular flexibility index (Phi) is 6.53. The molecule has 132 valence electrons. The SMILES string of the molecule is O=C(NC1CCCCCCC1)c1ccccc1OC[C@H]1CCCO1. The Morgan fingerprint density at radius 3 is 2.54 bits per heavy atom. The fourth-order valence-electron chi connectivity index (χ4n) is 3.60. The van der Waals surface area contributed by atoms with E-state index in [2.05, 4.69) is 5.32 Å². The third-order valence-electron chi connectivity index (χ3n) is 5.02. The van der Waals surface area contributed by atoms with E-state index in [0.29, 0.717) is 24.0 Å². The molecule has 2 fully saturated rings. The van der Waals surface area contributed by atoms with Crippen molar-refractivity contribution in [2.75, 3.05) is 13.2 Å². The first-order valence-corrected chi connectivity index (χ1v) is 9.47. The van der Waals surface area contributed by atoms with Gasteiger partial charge >= 0.3 is 0 Å². The standard InChI is InChI=1S/C20H29NO3/c22-20(21-16-9-4-2-1-3-5-10-16)18-12-6-7-13-19(18)24-15-17-11-8-14-23-17/h6-7,12-13,16-17H,1-5,8-11,14-15H2,(H,21,22)/t17-/m1/s1. The summed E-state index contributed by atoms with van der Waals surface area (Å²) in [5.41, 5.74) is 0.637. The van der Waals surface area contributed by atoms with Crippen molar-refractivity contribution in [3.05, 3.63) is 29.8 Å². The fourth-order valence-corrected chi connectivity index (χ4v) is 3.60. The normalized spacial score (nSPS) is 22.6. The maximum atomic E-state index is 12.7. The van der Waals surface area contributed by atoms with E-state index in [-0.39, 0.29) is 12.0 Å². The van der Waals surface area contributed by atoms with Gasteiger partial charge in [0.25, 0.3) is 5.91 Å². The van der Waals surface area contributed by atoms with Gasteiger partial charge in [0.05, 0.1) is 11.7 Å². The van der Waals surface area contributed by atoms with Gasteiger partial charge in [0.1, 0.15) is 12.4 Å². The Morgan fingerprint density at radius 2 is 1.79 bits per heavy atom. The molecule has 1 saturated heterocycles. The number of carbonyl (C=O) groups is 1. The first-order valence-electron chi connectivity index (χ1n) is 9.47. The van der Waals surface area contributed by atoms with Crippen molar-refractivity contribution in [1.82, 2.24) is 5.32 Å². The van der Waals surface area contributed by atoms with Crippen LogP contribution in [0.5, 0.6) is 5.75 Å². The molecule has 1 amide bonds. The van der Waals surface area contributed by atoms with Gasteiger partial charge in [-0.25, -0.2) is 0 Å². The van der Waals surface area contributed by atoms with Crippen LogP contribution in [0.2, 0.25) is 0 Å². The molecular formula is C20H29NO3. The number of hydrogen-bond donors (Lipinski definition) is 1. The third-order valence-corrected chi connectivity index (χ3v) is 5.02. The number of ether oxygens (including phenoxy) is 2.